The highest BCUT2D eigenvalue weighted by atomic mass is 16.4. The number of hydrogen-bond donors (Lipinski definition) is 2. The van der Waals surface area contributed by atoms with E-state index >= 15 is 0 Å². The summed E-state index contributed by atoms with van der Waals surface area (Å²) >= 11 is 0. The van der Waals surface area contributed by atoms with E-state index in [9.17, 15) is 5.11 Å². The molecule has 0 fully saturated rings. The van der Waals surface area contributed by atoms with E-state index in [1.807, 2.05) is 40.0 Å². The molecule has 1 unspecified atom stereocenters. The van der Waals surface area contributed by atoms with Gasteiger partial charge >= 0.3 is 0 Å². The maximum Gasteiger partial charge on any atom is 0.133 e. The summed E-state index contributed by atoms with van der Waals surface area (Å²) in [5.41, 5.74) is -0.223. The molecule has 1 atom stereocenters. The predicted molar refractivity (Wildman–Crippen MR) is 56.1 cm³/mol. The summed E-state index contributed by atoms with van der Waals surface area (Å²) in [7, 11) is 1.88. The second-order valence-corrected chi connectivity index (χ2v) is 4.37. The summed E-state index contributed by atoms with van der Waals surface area (Å²) in [6.07, 6.45) is -0.566. The van der Waals surface area contributed by atoms with Gasteiger partial charge in [0.1, 0.15) is 17.6 Å². The van der Waals surface area contributed by atoms with Crippen LogP contribution in [0.3, 0.4) is 0 Å². The van der Waals surface area contributed by atoms with Crippen molar-refractivity contribution in [3.63, 3.8) is 0 Å². The molecule has 1 aromatic heterocycles. The minimum atomic E-state index is -0.566. The van der Waals surface area contributed by atoms with Gasteiger partial charge < -0.3 is 14.8 Å². The van der Waals surface area contributed by atoms with E-state index in [4.69, 9.17) is 4.42 Å². The molecule has 0 aliphatic rings. The molecule has 1 heterocycles. The molecular formula is C11H19NO2. The van der Waals surface area contributed by atoms with Crippen LogP contribution in [0.2, 0.25) is 0 Å². The lowest BCUT2D eigenvalue weighted by atomic mass is 9.85. The van der Waals surface area contributed by atoms with Crippen LogP contribution in [0.15, 0.2) is 16.5 Å². The first-order valence-corrected chi connectivity index (χ1v) is 4.86. The van der Waals surface area contributed by atoms with Crippen LogP contribution in [-0.4, -0.2) is 18.7 Å². The smallest absolute Gasteiger partial charge is 0.133 e. The summed E-state index contributed by atoms with van der Waals surface area (Å²) in [5, 5.41) is 13.1. The third-order valence-corrected chi connectivity index (χ3v) is 2.40. The zero-order valence-corrected chi connectivity index (χ0v) is 9.29. The van der Waals surface area contributed by atoms with Crippen LogP contribution in [0.25, 0.3) is 0 Å². The Balaban J connectivity index is 2.78. The molecule has 1 rings (SSSR count). The molecule has 0 radical (unpaired) electrons. The lowest BCUT2D eigenvalue weighted by molar-refractivity contribution is 0.0320. The van der Waals surface area contributed by atoms with Crippen LogP contribution in [-0.2, 0) is 0 Å². The highest BCUT2D eigenvalue weighted by Crippen LogP contribution is 2.33. The van der Waals surface area contributed by atoms with E-state index in [0.717, 1.165) is 12.3 Å². The number of furan rings is 1. The first-order chi connectivity index (χ1) is 6.47. The fourth-order valence-corrected chi connectivity index (χ4v) is 1.54. The summed E-state index contributed by atoms with van der Waals surface area (Å²) < 4.78 is 5.40. The molecule has 0 spiro atoms. The monoisotopic (exact) mass is 197 g/mol. The molecule has 0 aliphatic heterocycles. The molecule has 0 aromatic carbocycles. The summed E-state index contributed by atoms with van der Waals surface area (Å²) in [5.74, 6) is 1.47. The van der Waals surface area contributed by atoms with Gasteiger partial charge in [-0.15, -0.1) is 0 Å². The Morgan fingerprint density at radius 2 is 2.14 bits per heavy atom. The van der Waals surface area contributed by atoms with Crippen LogP contribution >= 0.6 is 0 Å². The molecule has 0 amide bonds. The Hall–Kier alpha value is -0.800. The average molecular weight is 197 g/mol. The van der Waals surface area contributed by atoms with Crippen LogP contribution in [0.4, 0.5) is 0 Å². The topological polar surface area (TPSA) is 45.4 Å². The maximum atomic E-state index is 10.1. The predicted octanol–water partition coefficient (Wildman–Crippen LogP) is 1.87. The van der Waals surface area contributed by atoms with Gasteiger partial charge in [-0.05, 0) is 26.1 Å². The largest absolute Gasteiger partial charge is 0.464 e. The van der Waals surface area contributed by atoms with Crippen LogP contribution in [0, 0.1) is 12.3 Å². The van der Waals surface area contributed by atoms with Gasteiger partial charge in [0, 0.05) is 12.0 Å². The molecule has 80 valence electrons. The van der Waals surface area contributed by atoms with Crippen molar-refractivity contribution in [2.75, 3.05) is 13.6 Å². The highest BCUT2D eigenvalue weighted by Gasteiger charge is 2.30. The SMILES string of the molecule is CNCC(C)(C)C(O)c1ccc(C)o1. The zero-order valence-electron chi connectivity index (χ0n) is 9.29. The van der Waals surface area contributed by atoms with Gasteiger partial charge in [0.2, 0.25) is 0 Å². The number of aliphatic hydroxyl groups excluding tert-OH is 1. The van der Waals surface area contributed by atoms with Gasteiger partial charge in [-0.2, -0.15) is 0 Å². The van der Waals surface area contributed by atoms with Crippen molar-refractivity contribution in [1.29, 1.82) is 0 Å². The fraction of sp³-hybridized carbons (Fsp3) is 0.636. The maximum absolute atomic E-state index is 10.1. The van der Waals surface area contributed by atoms with Gasteiger partial charge in [-0.25, -0.2) is 0 Å². The third kappa shape index (κ3) is 2.36. The van der Waals surface area contributed by atoms with Gasteiger partial charge in [0.05, 0.1) is 0 Å². The van der Waals surface area contributed by atoms with Crippen molar-refractivity contribution in [2.24, 2.45) is 5.41 Å². The Bertz CT molecular complexity index is 291. The van der Waals surface area contributed by atoms with Crippen LogP contribution < -0.4 is 5.32 Å². The fourth-order valence-electron chi connectivity index (χ4n) is 1.54. The van der Waals surface area contributed by atoms with Crippen molar-refractivity contribution in [2.45, 2.75) is 26.9 Å². The van der Waals surface area contributed by atoms with Crippen molar-refractivity contribution in [1.82, 2.24) is 5.32 Å². The second-order valence-electron chi connectivity index (χ2n) is 4.37. The molecule has 14 heavy (non-hydrogen) atoms. The Morgan fingerprint density at radius 1 is 1.50 bits per heavy atom. The molecule has 2 N–H and O–H groups in total. The quantitative estimate of drug-likeness (QED) is 0.774. The van der Waals surface area contributed by atoms with Crippen molar-refractivity contribution >= 4 is 0 Å². The Morgan fingerprint density at radius 3 is 2.57 bits per heavy atom. The normalized spacial score (nSPS) is 14.4. The molecular weight excluding hydrogens is 178 g/mol. The van der Waals surface area contributed by atoms with Gasteiger partial charge in [0.15, 0.2) is 0 Å². The number of nitrogens with one attached hydrogen (secondary N) is 1. The average Bonchev–Trinajstić information content (AvgIpc) is 2.50. The van der Waals surface area contributed by atoms with Gasteiger partial charge in [-0.3, -0.25) is 0 Å². The summed E-state index contributed by atoms with van der Waals surface area (Å²) in [4.78, 5) is 0. The minimum Gasteiger partial charge on any atom is -0.464 e. The number of hydrogen-bond acceptors (Lipinski definition) is 3. The van der Waals surface area contributed by atoms with E-state index < -0.39 is 6.10 Å². The Kier molecular flexibility index (Phi) is 3.34. The summed E-state index contributed by atoms with van der Waals surface area (Å²) in [6.45, 7) is 6.63. The minimum absolute atomic E-state index is 0.223. The van der Waals surface area contributed by atoms with Crippen molar-refractivity contribution in [3.05, 3.63) is 23.7 Å². The van der Waals surface area contributed by atoms with E-state index in [1.54, 1.807) is 0 Å². The molecule has 3 nitrogen and oxygen atoms in total. The van der Waals surface area contributed by atoms with Crippen molar-refractivity contribution in [3.8, 4) is 0 Å². The highest BCUT2D eigenvalue weighted by molar-refractivity contribution is 5.10. The molecule has 0 saturated heterocycles. The molecule has 0 bridgehead atoms. The summed E-state index contributed by atoms with van der Waals surface area (Å²) in [6, 6.07) is 3.70. The van der Waals surface area contributed by atoms with E-state index in [1.165, 1.54) is 0 Å². The van der Waals surface area contributed by atoms with Crippen LogP contribution in [0.1, 0.15) is 31.5 Å². The van der Waals surface area contributed by atoms with Gasteiger partial charge in [-0.1, -0.05) is 13.8 Å². The van der Waals surface area contributed by atoms with E-state index in [2.05, 4.69) is 5.32 Å². The van der Waals surface area contributed by atoms with E-state index in [-0.39, 0.29) is 5.41 Å². The third-order valence-electron chi connectivity index (χ3n) is 2.40. The Labute approximate surface area is 85.1 Å². The second kappa shape index (κ2) is 4.15. The standard InChI is InChI=1S/C11H19NO2/c1-8-5-6-9(14-8)10(13)11(2,3)7-12-4/h5-6,10,12-13H,7H2,1-4H3. The lowest BCUT2D eigenvalue weighted by Crippen LogP contribution is -2.32. The number of aryl methyl sites for hydroxylation is 1. The van der Waals surface area contributed by atoms with Crippen molar-refractivity contribution < 1.29 is 9.52 Å². The molecule has 0 saturated carbocycles. The van der Waals surface area contributed by atoms with Gasteiger partial charge in [0.25, 0.3) is 0 Å². The lowest BCUT2D eigenvalue weighted by Gasteiger charge is -2.28. The van der Waals surface area contributed by atoms with Crippen LogP contribution in [0.5, 0.6) is 0 Å². The van der Waals surface area contributed by atoms with E-state index in [0.29, 0.717) is 5.76 Å². The first kappa shape index (κ1) is 11.3. The number of aliphatic hydroxyl groups is 1. The first-order valence-electron chi connectivity index (χ1n) is 4.86. The molecule has 1 aromatic rings. The number of rotatable bonds is 4. The molecule has 0 aliphatic carbocycles. The zero-order chi connectivity index (χ0) is 10.8. The molecule has 3 heteroatoms.